The van der Waals surface area contributed by atoms with Crippen LogP contribution in [0.15, 0.2) is 71.3 Å². The van der Waals surface area contributed by atoms with E-state index in [4.69, 9.17) is 9.63 Å². The molecular formula is C26H22F3N3O3. The SMILES string of the molecule is Cc1ccccc1-c1ccc(-c2nc(-c3ccc([C@H](C)NCC(=O)O)cc3)no2)cc1C(F)(F)F. The molecule has 1 atom stereocenters. The molecule has 0 amide bonds. The monoisotopic (exact) mass is 481 g/mol. The Morgan fingerprint density at radius 2 is 1.71 bits per heavy atom. The minimum atomic E-state index is -4.57. The molecule has 0 spiro atoms. The lowest BCUT2D eigenvalue weighted by atomic mass is 9.94. The van der Waals surface area contributed by atoms with Crippen molar-refractivity contribution in [3.8, 4) is 34.0 Å². The number of hydrogen-bond acceptors (Lipinski definition) is 5. The fraction of sp³-hybridized carbons (Fsp3) is 0.192. The number of alkyl halides is 3. The third-order valence-corrected chi connectivity index (χ3v) is 5.66. The van der Waals surface area contributed by atoms with E-state index in [1.165, 1.54) is 12.1 Å². The van der Waals surface area contributed by atoms with Crippen LogP contribution in [-0.2, 0) is 11.0 Å². The van der Waals surface area contributed by atoms with Crippen LogP contribution in [-0.4, -0.2) is 27.8 Å². The number of carboxylic acid groups (broad SMARTS) is 1. The number of aromatic nitrogens is 2. The molecule has 9 heteroatoms. The van der Waals surface area contributed by atoms with Crippen LogP contribution in [0.1, 0.15) is 29.7 Å². The van der Waals surface area contributed by atoms with Crippen LogP contribution in [0.3, 0.4) is 0 Å². The fourth-order valence-electron chi connectivity index (χ4n) is 3.76. The van der Waals surface area contributed by atoms with Gasteiger partial charge in [0.2, 0.25) is 5.82 Å². The van der Waals surface area contributed by atoms with Crippen molar-refractivity contribution in [1.82, 2.24) is 15.5 Å². The average Bonchev–Trinajstić information content (AvgIpc) is 3.32. The Hall–Kier alpha value is -3.98. The number of carboxylic acids is 1. The van der Waals surface area contributed by atoms with Crippen molar-refractivity contribution in [2.45, 2.75) is 26.1 Å². The maximum atomic E-state index is 13.9. The van der Waals surface area contributed by atoms with Gasteiger partial charge in [-0.05, 0) is 48.2 Å². The number of nitrogens with zero attached hydrogens (tertiary/aromatic N) is 2. The largest absolute Gasteiger partial charge is 0.480 e. The fourth-order valence-corrected chi connectivity index (χ4v) is 3.76. The van der Waals surface area contributed by atoms with Gasteiger partial charge in [0.15, 0.2) is 0 Å². The quantitative estimate of drug-likeness (QED) is 0.330. The van der Waals surface area contributed by atoms with Crippen LogP contribution in [0.2, 0.25) is 0 Å². The molecule has 0 bridgehead atoms. The van der Waals surface area contributed by atoms with Crippen LogP contribution in [0.5, 0.6) is 0 Å². The van der Waals surface area contributed by atoms with Gasteiger partial charge in [0.1, 0.15) is 0 Å². The van der Waals surface area contributed by atoms with Crippen LogP contribution in [0, 0.1) is 6.92 Å². The molecule has 0 saturated carbocycles. The van der Waals surface area contributed by atoms with Gasteiger partial charge < -0.3 is 14.9 Å². The predicted octanol–water partition coefficient (Wildman–Crippen LogP) is 6.13. The Kier molecular flexibility index (Phi) is 6.70. The summed E-state index contributed by atoms with van der Waals surface area (Å²) in [5.74, 6) is -0.745. The van der Waals surface area contributed by atoms with E-state index in [1.54, 1.807) is 55.5 Å². The molecular weight excluding hydrogens is 459 g/mol. The zero-order valence-electron chi connectivity index (χ0n) is 18.9. The van der Waals surface area contributed by atoms with E-state index in [1.807, 2.05) is 6.92 Å². The highest BCUT2D eigenvalue weighted by molar-refractivity contribution is 5.74. The zero-order valence-corrected chi connectivity index (χ0v) is 18.9. The molecule has 0 aliphatic carbocycles. The summed E-state index contributed by atoms with van der Waals surface area (Å²) < 4.78 is 47.1. The minimum absolute atomic E-state index is 0.0256. The lowest BCUT2D eigenvalue weighted by Crippen LogP contribution is -2.25. The van der Waals surface area contributed by atoms with Crippen molar-refractivity contribution in [2.75, 3.05) is 6.54 Å². The molecule has 180 valence electrons. The van der Waals surface area contributed by atoms with E-state index in [0.29, 0.717) is 11.1 Å². The maximum absolute atomic E-state index is 13.9. The second-order valence-corrected chi connectivity index (χ2v) is 8.11. The molecule has 6 nitrogen and oxygen atoms in total. The summed E-state index contributed by atoms with van der Waals surface area (Å²) in [6.45, 7) is 3.44. The van der Waals surface area contributed by atoms with Gasteiger partial charge >= 0.3 is 12.1 Å². The first-order chi connectivity index (χ1) is 16.6. The van der Waals surface area contributed by atoms with Gasteiger partial charge in [-0.25, -0.2) is 0 Å². The Morgan fingerprint density at radius 1 is 1.03 bits per heavy atom. The molecule has 0 unspecified atom stereocenters. The Balaban J connectivity index is 1.62. The van der Waals surface area contributed by atoms with Crippen molar-refractivity contribution in [1.29, 1.82) is 0 Å². The van der Waals surface area contributed by atoms with Crippen LogP contribution in [0.25, 0.3) is 34.0 Å². The topological polar surface area (TPSA) is 88.2 Å². The van der Waals surface area contributed by atoms with E-state index in [-0.39, 0.29) is 35.4 Å². The molecule has 1 heterocycles. The minimum Gasteiger partial charge on any atom is -0.480 e. The normalized spacial score (nSPS) is 12.5. The third-order valence-electron chi connectivity index (χ3n) is 5.66. The second-order valence-electron chi connectivity index (χ2n) is 8.11. The van der Waals surface area contributed by atoms with E-state index >= 15 is 0 Å². The predicted molar refractivity (Wildman–Crippen MR) is 124 cm³/mol. The van der Waals surface area contributed by atoms with Crippen molar-refractivity contribution in [3.63, 3.8) is 0 Å². The van der Waals surface area contributed by atoms with Crippen molar-refractivity contribution in [2.24, 2.45) is 0 Å². The Labute approximate surface area is 199 Å². The van der Waals surface area contributed by atoms with Gasteiger partial charge in [0.25, 0.3) is 5.89 Å². The number of carbonyl (C=O) groups is 1. The molecule has 4 aromatic rings. The molecule has 35 heavy (non-hydrogen) atoms. The number of hydrogen-bond donors (Lipinski definition) is 2. The Bertz CT molecular complexity index is 1350. The first kappa shape index (κ1) is 24.2. The number of rotatable bonds is 7. The Morgan fingerprint density at radius 3 is 2.37 bits per heavy atom. The highest BCUT2D eigenvalue weighted by Gasteiger charge is 2.34. The molecule has 0 radical (unpaired) electrons. The standard InChI is InChI=1S/C26H22F3N3O3/c1-15-5-3-4-6-20(15)21-12-11-19(13-22(21)26(27,28)29)25-31-24(32-35-25)18-9-7-17(8-10-18)16(2)30-14-23(33)34/h3-13,16,30H,14H2,1-2H3,(H,33,34)/t16-/m0/s1. The molecule has 0 aliphatic heterocycles. The summed E-state index contributed by atoms with van der Waals surface area (Å²) >= 11 is 0. The van der Waals surface area contributed by atoms with Gasteiger partial charge in [0.05, 0.1) is 12.1 Å². The molecule has 0 saturated heterocycles. The van der Waals surface area contributed by atoms with E-state index in [0.717, 1.165) is 17.2 Å². The molecule has 0 aliphatic rings. The molecule has 2 N–H and O–H groups in total. The van der Waals surface area contributed by atoms with Crippen LogP contribution in [0.4, 0.5) is 13.2 Å². The van der Waals surface area contributed by atoms with Gasteiger partial charge in [-0.15, -0.1) is 0 Å². The summed E-state index contributed by atoms with van der Waals surface area (Å²) in [6.07, 6.45) is -4.57. The average molecular weight is 481 g/mol. The van der Waals surface area contributed by atoms with Crippen molar-refractivity contribution in [3.05, 3.63) is 83.4 Å². The van der Waals surface area contributed by atoms with E-state index in [9.17, 15) is 18.0 Å². The zero-order chi connectivity index (χ0) is 25.2. The lowest BCUT2D eigenvalue weighted by molar-refractivity contribution is -0.137. The molecule has 0 fully saturated rings. The number of aliphatic carboxylic acids is 1. The number of nitrogens with one attached hydrogen (secondary N) is 1. The van der Waals surface area contributed by atoms with Gasteiger partial charge in [-0.2, -0.15) is 18.2 Å². The second kappa shape index (κ2) is 9.71. The maximum Gasteiger partial charge on any atom is 0.417 e. The smallest absolute Gasteiger partial charge is 0.417 e. The van der Waals surface area contributed by atoms with Crippen molar-refractivity contribution >= 4 is 5.97 Å². The first-order valence-electron chi connectivity index (χ1n) is 10.8. The lowest BCUT2D eigenvalue weighted by Gasteiger charge is -2.15. The number of halogens is 3. The van der Waals surface area contributed by atoms with Crippen LogP contribution < -0.4 is 5.32 Å². The molecule has 1 aromatic heterocycles. The summed E-state index contributed by atoms with van der Waals surface area (Å²) in [5.41, 5.74) is 2.18. The molecule has 3 aromatic carbocycles. The summed E-state index contributed by atoms with van der Waals surface area (Å²) in [5, 5.41) is 15.6. The highest BCUT2D eigenvalue weighted by Crippen LogP contribution is 2.40. The summed E-state index contributed by atoms with van der Waals surface area (Å²) in [6, 6.07) is 17.8. The van der Waals surface area contributed by atoms with E-state index in [2.05, 4.69) is 15.5 Å². The van der Waals surface area contributed by atoms with E-state index < -0.39 is 17.7 Å². The highest BCUT2D eigenvalue weighted by atomic mass is 19.4. The molecule has 4 rings (SSSR count). The number of aryl methyl sites for hydroxylation is 1. The van der Waals surface area contributed by atoms with Gasteiger partial charge in [0, 0.05) is 17.2 Å². The van der Waals surface area contributed by atoms with Gasteiger partial charge in [-0.1, -0.05) is 59.8 Å². The first-order valence-corrected chi connectivity index (χ1v) is 10.8. The van der Waals surface area contributed by atoms with Crippen LogP contribution >= 0.6 is 0 Å². The third kappa shape index (κ3) is 5.41. The summed E-state index contributed by atoms with van der Waals surface area (Å²) in [7, 11) is 0. The summed E-state index contributed by atoms with van der Waals surface area (Å²) in [4.78, 5) is 15.0. The number of benzene rings is 3. The van der Waals surface area contributed by atoms with Gasteiger partial charge in [-0.3, -0.25) is 4.79 Å². The van der Waals surface area contributed by atoms with Crippen molar-refractivity contribution < 1.29 is 27.6 Å².